The normalized spacial score (nSPS) is 11.3. The number of Topliss-reactive ketones (excluding diaryl/α,β-unsaturated/α-hetero) is 1. The Balaban J connectivity index is 3.16. The van der Waals surface area contributed by atoms with Crippen molar-refractivity contribution in [3.05, 3.63) is 39.5 Å². The molecule has 3 N–H and O–H groups in total. The first-order valence-corrected chi connectivity index (χ1v) is 5.98. The predicted molar refractivity (Wildman–Crippen MR) is 69.4 cm³/mol. The fraction of sp³-hybridized carbons (Fsp3) is 0.182. The maximum Gasteiger partial charge on any atom is 0.341 e. The van der Waals surface area contributed by atoms with Crippen LogP contribution in [0.1, 0.15) is 10.4 Å². The summed E-state index contributed by atoms with van der Waals surface area (Å²) in [6.45, 7) is -0.208. The molecule has 0 aliphatic carbocycles. The Labute approximate surface area is 122 Å². The number of rotatable bonds is 6. The van der Waals surface area contributed by atoms with Crippen molar-refractivity contribution in [3.63, 3.8) is 0 Å². The highest BCUT2D eigenvalue weighted by Gasteiger charge is 2.23. The van der Waals surface area contributed by atoms with E-state index < -0.39 is 39.0 Å². The van der Waals surface area contributed by atoms with Crippen molar-refractivity contribution in [2.75, 3.05) is 13.2 Å². The predicted octanol–water partition coefficient (Wildman–Crippen LogP) is 1.26. The standard InChI is InChI=1S/C11H9Cl2FN2O4/c12-9-5(3-7(14)10(13)16-9)8(18)6(11(19)20)4-15-1-2-17/h3-4,15,17H,1-2H2,(H,19,20)/b6-4-. The summed E-state index contributed by atoms with van der Waals surface area (Å²) in [4.78, 5) is 26.4. The van der Waals surface area contributed by atoms with Gasteiger partial charge in [0.05, 0.1) is 12.2 Å². The van der Waals surface area contributed by atoms with Crippen LogP contribution in [-0.4, -0.2) is 40.1 Å². The topological polar surface area (TPSA) is 99.5 Å². The second-order valence-corrected chi connectivity index (χ2v) is 4.19. The molecule has 1 heterocycles. The highest BCUT2D eigenvalue weighted by atomic mass is 35.5. The minimum atomic E-state index is -1.54. The second kappa shape index (κ2) is 7.18. The largest absolute Gasteiger partial charge is 0.477 e. The average Bonchev–Trinajstić information content (AvgIpc) is 2.38. The van der Waals surface area contributed by atoms with Crippen LogP contribution in [0.3, 0.4) is 0 Å². The third-order valence-corrected chi connectivity index (χ3v) is 2.66. The number of ketones is 1. The fourth-order valence-corrected chi connectivity index (χ4v) is 1.62. The molecule has 1 aromatic rings. The number of aliphatic hydroxyl groups is 1. The number of nitrogens with one attached hydrogen (secondary N) is 1. The van der Waals surface area contributed by atoms with E-state index in [4.69, 9.17) is 33.4 Å². The second-order valence-electron chi connectivity index (χ2n) is 3.47. The van der Waals surface area contributed by atoms with Gasteiger partial charge in [0, 0.05) is 12.7 Å². The van der Waals surface area contributed by atoms with Gasteiger partial charge in [-0.05, 0) is 6.07 Å². The van der Waals surface area contributed by atoms with Gasteiger partial charge in [-0.3, -0.25) is 4.79 Å². The highest BCUT2D eigenvalue weighted by Crippen LogP contribution is 2.22. The molecule has 108 valence electrons. The van der Waals surface area contributed by atoms with Crippen LogP contribution in [0.5, 0.6) is 0 Å². The van der Waals surface area contributed by atoms with Crippen molar-refractivity contribution in [1.29, 1.82) is 0 Å². The number of carboxylic acid groups (broad SMARTS) is 1. The number of aliphatic hydroxyl groups excluding tert-OH is 1. The number of hydrogen-bond donors (Lipinski definition) is 3. The summed E-state index contributed by atoms with van der Waals surface area (Å²) in [5.41, 5.74) is -1.10. The minimum absolute atomic E-state index is 0.0466. The lowest BCUT2D eigenvalue weighted by atomic mass is 10.1. The van der Waals surface area contributed by atoms with E-state index in [1.165, 1.54) is 0 Å². The van der Waals surface area contributed by atoms with E-state index in [9.17, 15) is 14.0 Å². The molecular weight excluding hydrogens is 314 g/mol. The lowest BCUT2D eigenvalue weighted by Crippen LogP contribution is -2.19. The fourth-order valence-electron chi connectivity index (χ4n) is 1.21. The summed E-state index contributed by atoms with van der Waals surface area (Å²) in [6, 6.07) is 0.711. The number of aromatic nitrogens is 1. The Morgan fingerprint density at radius 1 is 1.40 bits per heavy atom. The van der Waals surface area contributed by atoms with Crippen molar-refractivity contribution in [3.8, 4) is 0 Å². The van der Waals surface area contributed by atoms with Gasteiger partial charge in [-0.15, -0.1) is 0 Å². The van der Waals surface area contributed by atoms with Crippen LogP contribution in [0.2, 0.25) is 10.3 Å². The van der Waals surface area contributed by atoms with Crippen molar-refractivity contribution in [2.24, 2.45) is 0 Å². The molecule has 0 atom stereocenters. The van der Waals surface area contributed by atoms with E-state index in [0.29, 0.717) is 6.07 Å². The maximum atomic E-state index is 13.3. The molecule has 0 aliphatic heterocycles. The van der Waals surface area contributed by atoms with E-state index >= 15 is 0 Å². The van der Waals surface area contributed by atoms with Crippen LogP contribution in [0.25, 0.3) is 0 Å². The highest BCUT2D eigenvalue weighted by molar-refractivity contribution is 6.37. The summed E-state index contributed by atoms with van der Waals surface area (Å²) in [6.07, 6.45) is 0.893. The summed E-state index contributed by atoms with van der Waals surface area (Å²) in [5.74, 6) is -3.56. The molecule has 1 aromatic heterocycles. The van der Waals surface area contributed by atoms with Crippen LogP contribution in [-0.2, 0) is 4.79 Å². The molecular formula is C11H9Cl2FN2O4. The van der Waals surface area contributed by atoms with Gasteiger partial charge < -0.3 is 15.5 Å². The molecule has 1 rings (SSSR count). The molecule has 0 amide bonds. The van der Waals surface area contributed by atoms with Gasteiger partial charge in [0.2, 0.25) is 5.78 Å². The maximum absolute atomic E-state index is 13.3. The Bertz CT molecular complexity index is 578. The molecule has 0 aromatic carbocycles. The molecule has 0 spiro atoms. The Hall–Kier alpha value is -1.70. The SMILES string of the molecule is O=C(O)/C(=C\NCCO)C(=O)c1cc(F)c(Cl)nc1Cl. The lowest BCUT2D eigenvalue weighted by Gasteiger charge is -2.06. The van der Waals surface area contributed by atoms with Crippen molar-refractivity contribution in [2.45, 2.75) is 0 Å². The van der Waals surface area contributed by atoms with Crippen molar-refractivity contribution < 1.29 is 24.2 Å². The first-order valence-electron chi connectivity index (χ1n) is 5.22. The van der Waals surface area contributed by atoms with Gasteiger partial charge in [-0.1, -0.05) is 23.2 Å². The van der Waals surface area contributed by atoms with Gasteiger partial charge >= 0.3 is 5.97 Å². The van der Waals surface area contributed by atoms with E-state index in [0.717, 1.165) is 6.20 Å². The Morgan fingerprint density at radius 2 is 2.05 bits per heavy atom. The summed E-state index contributed by atoms with van der Waals surface area (Å²) >= 11 is 11.0. The number of carboxylic acids is 1. The zero-order valence-corrected chi connectivity index (χ0v) is 11.4. The van der Waals surface area contributed by atoms with Gasteiger partial charge in [0.1, 0.15) is 10.7 Å². The van der Waals surface area contributed by atoms with Crippen molar-refractivity contribution >= 4 is 35.0 Å². The summed E-state index contributed by atoms with van der Waals surface area (Å²) < 4.78 is 13.3. The molecule has 20 heavy (non-hydrogen) atoms. The third-order valence-electron chi connectivity index (χ3n) is 2.11. The van der Waals surface area contributed by atoms with Crippen LogP contribution in [0.15, 0.2) is 17.8 Å². The first kappa shape index (κ1) is 16.4. The minimum Gasteiger partial charge on any atom is -0.477 e. The summed E-state index contributed by atoms with van der Waals surface area (Å²) in [7, 11) is 0. The average molecular weight is 323 g/mol. The van der Waals surface area contributed by atoms with Gasteiger partial charge in [-0.25, -0.2) is 14.2 Å². The number of nitrogens with zero attached hydrogens (tertiary/aromatic N) is 1. The molecule has 9 heteroatoms. The van der Waals surface area contributed by atoms with Gasteiger partial charge in [0.15, 0.2) is 11.0 Å². The molecule has 6 nitrogen and oxygen atoms in total. The quantitative estimate of drug-likeness (QED) is 0.182. The van der Waals surface area contributed by atoms with E-state index in [1.807, 2.05) is 0 Å². The van der Waals surface area contributed by atoms with Crippen LogP contribution in [0.4, 0.5) is 4.39 Å². The Kier molecular flexibility index (Phi) is 5.87. The molecule has 0 unspecified atom stereocenters. The number of carbonyl (C=O) groups is 2. The number of carbonyl (C=O) groups excluding carboxylic acids is 1. The zero-order chi connectivity index (χ0) is 15.3. The number of hydrogen-bond acceptors (Lipinski definition) is 5. The third kappa shape index (κ3) is 3.89. The zero-order valence-electron chi connectivity index (χ0n) is 9.86. The van der Waals surface area contributed by atoms with Crippen molar-refractivity contribution in [1.82, 2.24) is 10.3 Å². The smallest absolute Gasteiger partial charge is 0.341 e. The molecule has 0 fully saturated rings. The van der Waals surface area contributed by atoms with Gasteiger partial charge in [-0.2, -0.15) is 0 Å². The monoisotopic (exact) mass is 322 g/mol. The lowest BCUT2D eigenvalue weighted by molar-refractivity contribution is -0.132. The van der Waals surface area contributed by atoms with E-state index in [-0.39, 0.29) is 13.2 Å². The van der Waals surface area contributed by atoms with E-state index in [2.05, 4.69) is 10.3 Å². The molecule has 0 radical (unpaired) electrons. The molecule has 0 aliphatic rings. The first-order chi connectivity index (χ1) is 9.38. The van der Waals surface area contributed by atoms with Crippen LogP contribution < -0.4 is 5.32 Å². The number of pyridine rings is 1. The summed E-state index contributed by atoms with van der Waals surface area (Å²) in [5, 5.41) is 19.0. The van der Waals surface area contributed by atoms with E-state index in [1.54, 1.807) is 0 Å². The molecule has 0 saturated heterocycles. The molecule has 0 saturated carbocycles. The van der Waals surface area contributed by atoms with Gasteiger partial charge in [0.25, 0.3) is 0 Å². The van der Waals surface area contributed by atoms with Crippen LogP contribution in [0, 0.1) is 5.82 Å². The Morgan fingerprint density at radius 3 is 2.60 bits per heavy atom. The number of aliphatic carboxylic acids is 1. The van der Waals surface area contributed by atoms with Crippen LogP contribution >= 0.6 is 23.2 Å². The number of halogens is 3. The molecule has 0 bridgehead atoms.